The van der Waals surface area contributed by atoms with Crippen LogP contribution in [0.25, 0.3) is 11.2 Å². The van der Waals surface area contributed by atoms with Gasteiger partial charge in [-0.05, 0) is 17.8 Å². The van der Waals surface area contributed by atoms with E-state index in [1.54, 1.807) is 6.07 Å². The Balaban J connectivity index is 1.78. The van der Waals surface area contributed by atoms with Crippen LogP contribution in [-0.4, -0.2) is 27.0 Å². The number of H-pyrrole nitrogens is 1. The zero-order chi connectivity index (χ0) is 14.1. The summed E-state index contributed by atoms with van der Waals surface area (Å²) in [5.41, 5.74) is 6.93. The summed E-state index contributed by atoms with van der Waals surface area (Å²) in [4.78, 5) is 4.11. The van der Waals surface area contributed by atoms with Crippen molar-refractivity contribution in [2.24, 2.45) is 17.8 Å². The summed E-state index contributed by atoms with van der Waals surface area (Å²) in [6.45, 7) is 5.33. The molecule has 3 N–H and O–H groups in total. The van der Waals surface area contributed by atoms with Crippen LogP contribution >= 0.6 is 0 Å². The molecule has 0 bridgehead atoms. The minimum Gasteiger partial charge on any atom is -0.491 e. The van der Waals surface area contributed by atoms with E-state index in [0.29, 0.717) is 47.1 Å². The lowest BCUT2D eigenvalue weighted by molar-refractivity contribution is 0.111. The highest BCUT2D eigenvalue weighted by Gasteiger charge is 2.28. The number of rotatable bonds is 3. The lowest BCUT2D eigenvalue weighted by Gasteiger charge is -2.34. The van der Waals surface area contributed by atoms with Crippen molar-refractivity contribution < 1.29 is 4.74 Å². The van der Waals surface area contributed by atoms with Crippen molar-refractivity contribution in [1.82, 2.24) is 20.4 Å². The predicted octanol–water partition coefficient (Wildman–Crippen LogP) is 2.39. The van der Waals surface area contributed by atoms with Crippen LogP contribution in [0.15, 0.2) is 6.07 Å². The van der Waals surface area contributed by atoms with E-state index in [0.717, 1.165) is 0 Å². The summed E-state index contributed by atoms with van der Waals surface area (Å²) in [7, 11) is 0. The van der Waals surface area contributed by atoms with Gasteiger partial charge in [-0.3, -0.25) is 0 Å². The van der Waals surface area contributed by atoms with Gasteiger partial charge >= 0.3 is 0 Å². The van der Waals surface area contributed by atoms with Crippen molar-refractivity contribution in [2.45, 2.75) is 33.1 Å². The van der Waals surface area contributed by atoms with Crippen molar-refractivity contribution in [1.29, 1.82) is 0 Å². The van der Waals surface area contributed by atoms with E-state index in [1.165, 1.54) is 19.3 Å². The number of fused-ring (bicyclic) bond motifs is 1. The highest BCUT2D eigenvalue weighted by Crippen LogP contribution is 2.35. The molecule has 2 unspecified atom stereocenters. The SMILES string of the molecule is CC1CCCC(C)C1COc1cc(N)nc2n[nH]nc12. The lowest BCUT2D eigenvalue weighted by Crippen LogP contribution is -2.30. The Morgan fingerprint density at radius 1 is 1.30 bits per heavy atom. The molecule has 6 heteroatoms. The second-order valence-electron chi connectivity index (χ2n) is 5.90. The fraction of sp³-hybridized carbons (Fsp3) is 0.643. The number of aromatic amines is 1. The Bertz CT molecular complexity index is 586. The average molecular weight is 275 g/mol. The normalized spacial score (nSPS) is 26.8. The smallest absolute Gasteiger partial charge is 0.207 e. The first-order chi connectivity index (χ1) is 9.65. The summed E-state index contributed by atoms with van der Waals surface area (Å²) >= 11 is 0. The molecule has 0 saturated heterocycles. The molecule has 3 rings (SSSR count). The molecule has 0 aromatic carbocycles. The Kier molecular flexibility index (Phi) is 3.46. The first-order valence-electron chi connectivity index (χ1n) is 7.25. The standard InChI is InChI=1S/C14H21N5O/c1-8-4-3-5-9(2)10(8)7-20-11-6-12(15)16-14-13(11)17-19-18-14/h6,8-10H,3-5,7H2,1-2H3,(H3,15,16,17,18,19). The third-order valence-corrected chi connectivity index (χ3v) is 4.49. The van der Waals surface area contributed by atoms with Crippen LogP contribution in [0.2, 0.25) is 0 Å². The number of ether oxygens (including phenoxy) is 1. The summed E-state index contributed by atoms with van der Waals surface area (Å²) in [5, 5.41) is 10.6. The quantitative estimate of drug-likeness (QED) is 0.897. The monoisotopic (exact) mass is 275 g/mol. The Hall–Kier alpha value is -1.85. The number of hydrogen-bond acceptors (Lipinski definition) is 5. The van der Waals surface area contributed by atoms with Crippen LogP contribution in [0.4, 0.5) is 5.82 Å². The van der Waals surface area contributed by atoms with Crippen molar-refractivity contribution in [3.63, 3.8) is 0 Å². The summed E-state index contributed by atoms with van der Waals surface area (Å²) in [5.74, 6) is 3.06. The second kappa shape index (κ2) is 5.26. The molecule has 0 amide bonds. The van der Waals surface area contributed by atoms with E-state index in [-0.39, 0.29) is 0 Å². The third-order valence-electron chi connectivity index (χ3n) is 4.49. The maximum Gasteiger partial charge on any atom is 0.207 e. The van der Waals surface area contributed by atoms with E-state index in [2.05, 4.69) is 34.2 Å². The van der Waals surface area contributed by atoms with Crippen LogP contribution in [0.5, 0.6) is 5.75 Å². The van der Waals surface area contributed by atoms with Gasteiger partial charge in [-0.15, -0.1) is 5.10 Å². The zero-order valence-electron chi connectivity index (χ0n) is 12.0. The average Bonchev–Trinajstić information content (AvgIpc) is 2.86. The second-order valence-corrected chi connectivity index (χ2v) is 5.90. The molecule has 20 heavy (non-hydrogen) atoms. The number of anilines is 1. The molecule has 2 aromatic heterocycles. The van der Waals surface area contributed by atoms with Gasteiger partial charge in [0.05, 0.1) is 6.61 Å². The Morgan fingerprint density at radius 3 is 2.80 bits per heavy atom. The highest BCUT2D eigenvalue weighted by molar-refractivity contribution is 5.78. The fourth-order valence-corrected chi connectivity index (χ4v) is 3.20. The molecule has 108 valence electrons. The molecule has 2 atom stereocenters. The summed E-state index contributed by atoms with van der Waals surface area (Å²) in [6.07, 6.45) is 3.90. The number of nitrogens with two attached hydrogens (primary N) is 1. The number of nitrogens with one attached hydrogen (secondary N) is 1. The number of hydrogen-bond donors (Lipinski definition) is 2. The largest absolute Gasteiger partial charge is 0.491 e. The van der Waals surface area contributed by atoms with Gasteiger partial charge in [-0.2, -0.15) is 10.3 Å². The molecule has 0 radical (unpaired) electrons. The number of nitrogens with zero attached hydrogens (tertiary/aromatic N) is 3. The van der Waals surface area contributed by atoms with Crippen LogP contribution in [0.3, 0.4) is 0 Å². The van der Waals surface area contributed by atoms with E-state index >= 15 is 0 Å². The Morgan fingerprint density at radius 2 is 2.05 bits per heavy atom. The molecule has 0 aliphatic heterocycles. The van der Waals surface area contributed by atoms with Crippen molar-refractivity contribution in [3.05, 3.63) is 6.07 Å². The Labute approximate surface area is 118 Å². The maximum atomic E-state index is 6.00. The van der Waals surface area contributed by atoms with Gasteiger partial charge in [0, 0.05) is 6.07 Å². The van der Waals surface area contributed by atoms with Gasteiger partial charge in [0.25, 0.3) is 0 Å². The molecule has 0 spiro atoms. The summed E-state index contributed by atoms with van der Waals surface area (Å²) < 4.78 is 6.00. The third kappa shape index (κ3) is 2.42. The number of aromatic nitrogens is 4. The van der Waals surface area contributed by atoms with Crippen LogP contribution in [0, 0.1) is 17.8 Å². The molecule has 6 nitrogen and oxygen atoms in total. The molecule has 1 aliphatic carbocycles. The zero-order valence-corrected chi connectivity index (χ0v) is 12.0. The van der Waals surface area contributed by atoms with Gasteiger partial charge < -0.3 is 10.5 Å². The minimum atomic E-state index is 0.408. The van der Waals surface area contributed by atoms with Gasteiger partial charge in [-0.25, -0.2) is 4.98 Å². The molecule has 2 heterocycles. The van der Waals surface area contributed by atoms with Crippen molar-refractivity contribution in [3.8, 4) is 5.75 Å². The fourth-order valence-electron chi connectivity index (χ4n) is 3.20. The first-order valence-corrected chi connectivity index (χ1v) is 7.25. The van der Waals surface area contributed by atoms with Crippen molar-refractivity contribution in [2.75, 3.05) is 12.3 Å². The lowest BCUT2D eigenvalue weighted by atomic mass is 9.74. The molecule has 1 saturated carbocycles. The minimum absolute atomic E-state index is 0.408. The van der Waals surface area contributed by atoms with Gasteiger partial charge in [0.15, 0.2) is 11.3 Å². The van der Waals surface area contributed by atoms with Gasteiger partial charge in [-0.1, -0.05) is 33.1 Å². The maximum absolute atomic E-state index is 6.00. The molecular formula is C14H21N5O. The number of nitrogen functional groups attached to an aromatic ring is 1. The van der Waals surface area contributed by atoms with Gasteiger partial charge in [0.1, 0.15) is 5.82 Å². The predicted molar refractivity (Wildman–Crippen MR) is 77.3 cm³/mol. The number of pyridine rings is 1. The van der Waals surface area contributed by atoms with E-state index in [1.807, 2.05) is 0 Å². The van der Waals surface area contributed by atoms with Crippen LogP contribution in [-0.2, 0) is 0 Å². The topological polar surface area (TPSA) is 89.7 Å². The van der Waals surface area contributed by atoms with E-state index in [4.69, 9.17) is 10.5 Å². The molecule has 1 fully saturated rings. The first kappa shape index (κ1) is 13.1. The van der Waals surface area contributed by atoms with Crippen LogP contribution < -0.4 is 10.5 Å². The molecule has 2 aromatic rings. The molecule has 1 aliphatic rings. The van der Waals surface area contributed by atoms with Gasteiger partial charge in [0.2, 0.25) is 5.65 Å². The van der Waals surface area contributed by atoms with Crippen LogP contribution in [0.1, 0.15) is 33.1 Å². The van der Waals surface area contributed by atoms with E-state index < -0.39 is 0 Å². The highest BCUT2D eigenvalue weighted by atomic mass is 16.5. The van der Waals surface area contributed by atoms with E-state index in [9.17, 15) is 0 Å². The van der Waals surface area contributed by atoms with Crippen molar-refractivity contribution >= 4 is 17.0 Å². The summed E-state index contributed by atoms with van der Waals surface area (Å²) in [6, 6.07) is 1.73. The molecular weight excluding hydrogens is 254 g/mol.